The van der Waals surface area contributed by atoms with Gasteiger partial charge in [-0.2, -0.15) is 8.78 Å². The Morgan fingerprint density at radius 1 is 1.21 bits per heavy atom. The molecule has 3 amide bonds. The Bertz CT molecular complexity index is 1240. The molecule has 2 fully saturated rings. The molecule has 1 aliphatic heterocycles. The minimum atomic E-state index is -2.98. The molecular formula is C28H34F2N4O5. The van der Waals surface area contributed by atoms with E-state index >= 15 is 0 Å². The lowest BCUT2D eigenvalue weighted by atomic mass is 9.93. The van der Waals surface area contributed by atoms with Crippen molar-refractivity contribution in [3.8, 4) is 11.5 Å². The molecule has 2 heterocycles. The van der Waals surface area contributed by atoms with Crippen LogP contribution in [0.5, 0.6) is 11.5 Å². The fraction of sp³-hybridized carbons (Fsp3) is 0.500. The lowest BCUT2D eigenvalue weighted by Crippen LogP contribution is -2.36. The molecule has 210 valence electrons. The number of hydrogen-bond donors (Lipinski definition) is 1. The van der Waals surface area contributed by atoms with Crippen LogP contribution < -0.4 is 15.2 Å². The summed E-state index contributed by atoms with van der Waals surface area (Å²) in [6, 6.07) is 6.22. The summed E-state index contributed by atoms with van der Waals surface area (Å²) in [5.41, 5.74) is 7.28. The number of amides is 3. The second kappa shape index (κ2) is 12.0. The molecule has 1 saturated carbocycles. The van der Waals surface area contributed by atoms with Crippen molar-refractivity contribution >= 4 is 17.7 Å². The molecule has 2 atom stereocenters. The third-order valence-corrected chi connectivity index (χ3v) is 7.37. The molecule has 11 heteroatoms. The minimum absolute atomic E-state index is 0.0249. The predicted octanol–water partition coefficient (Wildman–Crippen LogP) is 3.61. The standard InChI is InChI=1S/C28H34F2N4O5/c1-4-33(3)27(37)20-9-19(25(26(31)36)32-13-20)10-22-11-21(14-34(22)16(2)35)18-7-8-23(39-28(29)30)24(12-18)38-15-17-5-6-17/h7-9,12-13,17,21-22,28H,4-6,10-11,14-15H2,1-3H3,(H2,31,36)/t21-,22-/m0/s1. The highest BCUT2D eigenvalue weighted by Crippen LogP contribution is 2.39. The minimum Gasteiger partial charge on any atom is -0.489 e. The molecule has 2 aromatic rings. The van der Waals surface area contributed by atoms with Crippen molar-refractivity contribution in [2.75, 3.05) is 26.7 Å². The number of hydrogen-bond acceptors (Lipinski definition) is 6. The van der Waals surface area contributed by atoms with Crippen LogP contribution in [-0.4, -0.2) is 71.9 Å². The average molecular weight is 545 g/mol. The first-order valence-corrected chi connectivity index (χ1v) is 13.1. The van der Waals surface area contributed by atoms with Gasteiger partial charge in [0, 0.05) is 45.2 Å². The second-order valence-electron chi connectivity index (χ2n) is 10.2. The highest BCUT2D eigenvalue weighted by Gasteiger charge is 2.36. The molecule has 4 rings (SSSR count). The van der Waals surface area contributed by atoms with Crippen molar-refractivity contribution < 1.29 is 32.6 Å². The van der Waals surface area contributed by atoms with Crippen molar-refractivity contribution in [3.05, 3.63) is 52.8 Å². The maximum absolute atomic E-state index is 13.0. The summed E-state index contributed by atoms with van der Waals surface area (Å²) in [6.45, 7) is 1.68. The van der Waals surface area contributed by atoms with Crippen LogP contribution in [0.25, 0.3) is 0 Å². The third-order valence-electron chi connectivity index (χ3n) is 7.37. The number of likely N-dealkylation sites (tertiary alicyclic amines) is 1. The number of alkyl halides is 2. The lowest BCUT2D eigenvalue weighted by Gasteiger charge is -2.24. The maximum atomic E-state index is 13.0. The van der Waals surface area contributed by atoms with E-state index in [1.165, 1.54) is 24.1 Å². The monoisotopic (exact) mass is 544 g/mol. The number of nitrogens with zero attached hydrogens (tertiary/aromatic N) is 3. The second-order valence-corrected chi connectivity index (χ2v) is 10.2. The molecule has 0 radical (unpaired) electrons. The normalized spacial score (nSPS) is 18.8. The van der Waals surface area contributed by atoms with Gasteiger partial charge in [0.15, 0.2) is 11.5 Å². The van der Waals surface area contributed by atoms with Gasteiger partial charge in [-0.15, -0.1) is 0 Å². The first-order chi connectivity index (χ1) is 18.6. The van der Waals surface area contributed by atoms with Gasteiger partial charge in [-0.05, 0) is 67.9 Å². The SMILES string of the molecule is CCN(C)C(=O)c1cnc(C(N)=O)c(C[C@H]2C[C@H](c3ccc(OC(F)F)c(OCC4CC4)c3)CN2C(C)=O)c1. The van der Waals surface area contributed by atoms with Crippen LogP contribution in [0, 0.1) is 5.92 Å². The number of carbonyl (C=O) groups excluding carboxylic acids is 3. The van der Waals surface area contributed by atoms with Crippen molar-refractivity contribution in [1.82, 2.24) is 14.8 Å². The molecule has 1 aromatic carbocycles. The van der Waals surface area contributed by atoms with Crippen molar-refractivity contribution in [3.63, 3.8) is 0 Å². The Balaban J connectivity index is 1.60. The van der Waals surface area contributed by atoms with E-state index in [-0.39, 0.29) is 47.4 Å². The van der Waals surface area contributed by atoms with Gasteiger partial charge in [0.25, 0.3) is 11.8 Å². The number of carbonyl (C=O) groups is 3. The van der Waals surface area contributed by atoms with Gasteiger partial charge in [-0.25, -0.2) is 4.98 Å². The molecule has 0 spiro atoms. The van der Waals surface area contributed by atoms with Gasteiger partial charge in [-0.1, -0.05) is 6.07 Å². The van der Waals surface area contributed by atoms with Gasteiger partial charge >= 0.3 is 6.61 Å². The number of rotatable bonds is 11. The van der Waals surface area contributed by atoms with Crippen molar-refractivity contribution in [1.29, 1.82) is 0 Å². The molecule has 9 nitrogen and oxygen atoms in total. The highest BCUT2D eigenvalue weighted by atomic mass is 19.3. The Kier molecular flexibility index (Phi) is 8.66. The fourth-order valence-corrected chi connectivity index (χ4v) is 4.94. The van der Waals surface area contributed by atoms with E-state index in [0.29, 0.717) is 43.2 Å². The molecule has 1 aliphatic carbocycles. The number of aromatic nitrogens is 1. The summed E-state index contributed by atoms with van der Waals surface area (Å²) >= 11 is 0. The van der Waals surface area contributed by atoms with Gasteiger partial charge in [0.1, 0.15) is 5.69 Å². The molecule has 39 heavy (non-hydrogen) atoms. The van der Waals surface area contributed by atoms with E-state index in [9.17, 15) is 23.2 Å². The summed E-state index contributed by atoms with van der Waals surface area (Å²) in [4.78, 5) is 44.9. The Morgan fingerprint density at radius 2 is 1.95 bits per heavy atom. The molecule has 2 aliphatic rings. The number of primary amides is 1. The third kappa shape index (κ3) is 6.82. The molecule has 1 aromatic heterocycles. The fourth-order valence-electron chi connectivity index (χ4n) is 4.94. The van der Waals surface area contributed by atoms with Crippen LogP contribution in [0.4, 0.5) is 8.78 Å². The largest absolute Gasteiger partial charge is 0.489 e. The summed E-state index contributed by atoms with van der Waals surface area (Å²) in [5.74, 6) is -0.554. The average Bonchev–Trinajstić information content (AvgIpc) is 3.64. The van der Waals surface area contributed by atoms with E-state index in [4.69, 9.17) is 10.5 Å². The first kappa shape index (κ1) is 28.3. The number of nitrogens with two attached hydrogens (primary N) is 1. The highest BCUT2D eigenvalue weighted by molar-refractivity contribution is 5.96. The van der Waals surface area contributed by atoms with Crippen LogP contribution in [0.15, 0.2) is 30.5 Å². The van der Waals surface area contributed by atoms with Gasteiger partial charge in [0.05, 0.1) is 12.2 Å². The van der Waals surface area contributed by atoms with Gasteiger partial charge < -0.3 is 25.0 Å². The first-order valence-electron chi connectivity index (χ1n) is 13.1. The Labute approximate surface area is 226 Å². The predicted molar refractivity (Wildman–Crippen MR) is 139 cm³/mol. The molecular weight excluding hydrogens is 510 g/mol. The summed E-state index contributed by atoms with van der Waals surface area (Å²) in [7, 11) is 1.67. The zero-order valence-corrected chi connectivity index (χ0v) is 22.4. The van der Waals surface area contributed by atoms with Crippen LogP contribution in [-0.2, 0) is 11.2 Å². The molecule has 2 N–H and O–H groups in total. The van der Waals surface area contributed by atoms with E-state index in [2.05, 4.69) is 9.72 Å². The Morgan fingerprint density at radius 3 is 2.56 bits per heavy atom. The van der Waals surface area contributed by atoms with Crippen LogP contribution >= 0.6 is 0 Å². The van der Waals surface area contributed by atoms with Crippen molar-refractivity contribution in [2.45, 2.75) is 58.1 Å². The van der Waals surface area contributed by atoms with E-state index in [1.807, 2.05) is 6.92 Å². The molecule has 0 bridgehead atoms. The summed E-state index contributed by atoms with van der Waals surface area (Å²) in [5, 5.41) is 0. The Hall–Kier alpha value is -3.76. The number of halogens is 2. The number of ether oxygens (including phenoxy) is 2. The van der Waals surface area contributed by atoms with Crippen LogP contribution in [0.1, 0.15) is 71.0 Å². The lowest BCUT2D eigenvalue weighted by molar-refractivity contribution is -0.129. The maximum Gasteiger partial charge on any atom is 0.387 e. The van der Waals surface area contributed by atoms with Crippen LogP contribution in [0.2, 0.25) is 0 Å². The number of pyridine rings is 1. The van der Waals surface area contributed by atoms with Crippen LogP contribution in [0.3, 0.4) is 0 Å². The smallest absolute Gasteiger partial charge is 0.387 e. The summed E-state index contributed by atoms with van der Waals surface area (Å²) in [6.07, 6.45) is 4.25. The van der Waals surface area contributed by atoms with Crippen molar-refractivity contribution in [2.24, 2.45) is 11.7 Å². The van der Waals surface area contributed by atoms with E-state index < -0.39 is 12.5 Å². The number of benzene rings is 1. The van der Waals surface area contributed by atoms with E-state index in [0.717, 1.165) is 18.4 Å². The van der Waals surface area contributed by atoms with Gasteiger partial charge in [-0.3, -0.25) is 14.4 Å². The quantitative estimate of drug-likeness (QED) is 0.462. The summed E-state index contributed by atoms with van der Waals surface area (Å²) < 4.78 is 36.4. The topological polar surface area (TPSA) is 115 Å². The zero-order chi connectivity index (χ0) is 28.3. The molecule has 0 unspecified atom stereocenters. The molecule has 1 saturated heterocycles. The zero-order valence-electron chi connectivity index (χ0n) is 22.4. The van der Waals surface area contributed by atoms with E-state index in [1.54, 1.807) is 30.1 Å². The van der Waals surface area contributed by atoms with Gasteiger partial charge in [0.2, 0.25) is 5.91 Å².